The van der Waals surface area contributed by atoms with Gasteiger partial charge in [0.15, 0.2) is 5.82 Å². The largest absolute Gasteiger partial charge is 0.381 e. The van der Waals surface area contributed by atoms with Gasteiger partial charge in [-0.15, -0.1) is 5.10 Å². The van der Waals surface area contributed by atoms with E-state index in [0.29, 0.717) is 11.8 Å². The molecule has 1 atom stereocenters. The van der Waals surface area contributed by atoms with Gasteiger partial charge in [0, 0.05) is 53.9 Å². The maximum Gasteiger partial charge on any atom is 0.238 e. The van der Waals surface area contributed by atoms with Crippen molar-refractivity contribution in [3.05, 3.63) is 36.3 Å². The van der Waals surface area contributed by atoms with Crippen LogP contribution in [0.2, 0.25) is 0 Å². The number of pyridine rings is 1. The van der Waals surface area contributed by atoms with Crippen molar-refractivity contribution in [1.82, 2.24) is 19.6 Å². The Kier molecular flexibility index (Phi) is 3.89. The average Bonchev–Trinajstić information content (AvgIpc) is 3.23. The average molecular weight is 362 g/mol. The summed E-state index contributed by atoms with van der Waals surface area (Å²) in [5.41, 5.74) is 11.1. The summed E-state index contributed by atoms with van der Waals surface area (Å²) in [5.74, 6) is 2.15. The van der Waals surface area contributed by atoms with Gasteiger partial charge in [0.2, 0.25) is 5.95 Å². The normalized spacial score (nSPS) is 20.0. The standard InChI is InChI=1S/C20H22N6O/c1-12-16(8-13-3-6-27-7-4-13)17-9-14(10-22-19(17)24-12)15-2-5-26-18(15)11-23-20(21)25-26/h2,5,9-11,13,16H,3-4,6-8H2,1H3,(H2,21,25). The highest BCUT2D eigenvalue weighted by Crippen LogP contribution is 2.41. The van der Waals surface area contributed by atoms with E-state index in [-0.39, 0.29) is 5.95 Å². The lowest BCUT2D eigenvalue weighted by Gasteiger charge is -2.25. The third-order valence-corrected chi connectivity index (χ3v) is 5.71. The summed E-state index contributed by atoms with van der Waals surface area (Å²) in [5, 5.41) is 4.23. The summed E-state index contributed by atoms with van der Waals surface area (Å²) < 4.78 is 7.27. The number of aromatic nitrogens is 4. The van der Waals surface area contributed by atoms with Crippen LogP contribution in [-0.4, -0.2) is 38.5 Å². The quantitative estimate of drug-likeness (QED) is 0.771. The second kappa shape index (κ2) is 6.42. The first-order valence-electron chi connectivity index (χ1n) is 9.42. The fourth-order valence-electron chi connectivity index (χ4n) is 4.21. The zero-order valence-corrected chi connectivity index (χ0v) is 15.3. The summed E-state index contributed by atoms with van der Waals surface area (Å²) in [6.45, 7) is 3.87. The molecule has 0 spiro atoms. The molecule has 1 fully saturated rings. The number of rotatable bonds is 3. The van der Waals surface area contributed by atoms with Crippen molar-refractivity contribution in [2.45, 2.75) is 32.1 Å². The highest BCUT2D eigenvalue weighted by Gasteiger charge is 2.29. The van der Waals surface area contributed by atoms with E-state index >= 15 is 0 Å². The van der Waals surface area contributed by atoms with Crippen LogP contribution in [0.4, 0.5) is 11.8 Å². The first-order chi connectivity index (χ1) is 13.2. The van der Waals surface area contributed by atoms with Crippen LogP contribution in [0.25, 0.3) is 16.6 Å². The van der Waals surface area contributed by atoms with Gasteiger partial charge in [-0.25, -0.2) is 19.5 Å². The van der Waals surface area contributed by atoms with E-state index in [1.807, 2.05) is 18.5 Å². The molecule has 0 amide bonds. The molecular formula is C20H22N6O. The van der Waals surface area contributed by atoms with Crippen molar-refractivity contribution in [1.29, 1.82) is 0 Å². The van der Waals surface area contributed by atoms with Crippen molar-refractivity contribution in [2.75, 3.05) is 18.9 Å². The summed E-state index contributed by atoms with van der Waals surface area (Å²) >= 11 is 0. The van der Waals surface area contributed by atoms with Gasteiger partial charge in [0.25, 0.3) is 0 Å². The summed E-state index contributed by atoms with van der Waals surface area (Å²) in [7, 11) is 0. The molecule has 7 nitrogen and oxygen atoms in total. The zero-order valence-electron chi connectivity index (χ0n) is 15.3. The first kappa shape index (κ1) is 16.4. The van der Waals surface area contributed by atoms with Crippen LogP contribution in [0, 0.1) is 5.92 Å². The predicted octanol–water partition coefficient (Wildman–Crippen LogP) is 3.38. The predicted molar refractivity (Wildman–Crippen MR) is 104 cm³/mol. The van der Waals surface area contributed by atoms with Gasteiger partial charge in [-0.3, -0.25) is 0 Å². The van der Waals surface area contributed by atoms with Crippen LogP contribution < -0.4 is 5.73 Å². The Labute approximate surface area is 157 Å². The van der Waals surface area contributed by atoms with Crippen LogP contribution in [0.1, 0.15) is 37.7 Å². The van der Waals surface area contributed by atoms with Gasteiger partial charge in [-0.1, -0.05) is 0 Å². The first-order valence-corrected chi connectivity index (χ1v) is 9.42. The molecule has 27 heavy (non-hydrogen) atoms. The molecule has 5 rings (SSSR count). The zero-order chi connectivity index (χ0) is 18.4. The SMILES string of the molecule is CC1=Nc2ncc(-c3ccn4nc(N)ncc34)cc2C1CC1CCOCC1. The number of hydrogen-bond donors (Lipinski definition) is 1. The topological polar surface area (TPSA) is 90.7 Å². The van der Waals surface area contributed by atoms with Gasteiger partial charge < -0.3 is 10.5 Å². The van der Waals surface area contributed by atoms with E-state index in [9.17, 15) is 0 Å². The third kappa shape index (κ3) is 2.88. The fraction of sp³-hybridized carbons (Fsp3) is 0.400. The van der Waals surface area contributed by atoms with Gasteiger partial charge in [-0.2, -0.15) is 0 Å². The molecule has 0 aliphatic carbocycles. The minimum absolute atomic E-state index is 0.261. The van der Waals surface area contributed by atoms with E-state index in [0.717, 1.165) is 54.9 Å². The minimum atomic E-state index is 0.261. The molecule has 0 bridgehead atoms. The molecule has 3 aromatic heterocycles. The van der Waals surface area contributed by atoms with Gasteiger partial charge in [0.1, 0.15) is 0 Å². The molecule has 2 N–H and O–H groups in total. The number of fused-ring (bicyclic) bond motifs is 2. The Bertz CT molecular complexity index is 1030. The van der Waals surface area contributed by atoms with Crippen molar-refractivity contribution in [3.8, 4) is 11.1 Å². The van der Waals surface area contributed by atoms with Crippen LogP contribution in [-0.2, 0) is 4.74 Å². The maximum atomic E-state index is 5.69. The van der Waals surface area contributed by atoms with Crippen LogP contribution in [0.3, 0.4) is 0 Å². The summed E-state index contributed by atoms with van der Waals surface area (Å²) in [4.78, 5) is 13.5. The van der Waals surface area contributed by atoms with Gasteiger partial charge in [-0.05, 0) is 44.2 Å². The van der Waals surface area contributed by atoms with Crippen LogP contribution in [0.15, 0.2) is 35.7 Å². The Morgan fingerprint density at radius 3 is 2.93 bits per heavy atom. The molecule has 1 unspecified atom stereocenters. The number of nitrogen functional groups attached to an aromatic ring is 1. The monoisotopic (exact) mass is 362 g/mol. The highest BCUT2D eigenvalue weighted by atomic mass is 16.5. The number of anilines is 1. The third-order valence-electron chi connectivity index (χ3n) is 5.71. The number of hydrogen-bond acceptors (Lipinski definition) is 6. The molecule has 0 saturated carbocycles. The number of ether oxygens (including phenoxy) is 1. The van der Waals surface area contributed by atoms with E-state index < -0.39 is 0 Å². The van der Waals surface area contributed by atoms with E-state index in [2.05, 4.69) is 28.1 Å². The molecule has 2 aliphatic rings. The second-order valence-electron chi connectivity index (χ2n) is 7.41. The molecule has 138 valence electrons. The molecule has 7 heteroatoms. The Balaban J connectivity index is 1.50. The van der Waals surface area contributed by atoms with Crippen molar-refractivity contribution < 1.29 is 4.74 Å². The van der Waals surface area contributed by atoms with Crippen LogP contribution >= 0.6 is 0 Å². The van der Waals surface area contributed by atoms with Crippen molar-refractivity contribution in [3.63, 3.8) is 0 Å². The molecule has 3 aromatic rings. The Morgan fingerprint density at radius 1 is 1.22 bits per heavy atom. The lowest BCUT2D eigenvalue weighted by molar-refractivity contribution is 0.0634. The number of nitrogens with zero attached hydrogens (tertiary/aromatic N) is 5. The molecule has 2 aliphatic heterocycles. The smallest absolute Gasteiger partial charge is 0.238 e. The van der Waals surface area contributed by atoms with Gasteiger partial charge in [0.05, 0.1) is 11.7 Å². The molecule has 0 aromatic carbocycles. The van der Waals surface area contributed by atoms with Crippen molar-refractivity contribution >= 4 is 23.0 Å². The molecule has 1 saturated heterocycles. The highest BCUT2D eigenvalue weighted by molar-refractivity contribution is 5.96. The Morgan fingerprint density at radius 2 is 2.07 bits per heavy atom. The molecular weight excluding hydrogens is 340 g/mol. The lowest BCUT2D eigenvalue weighted by atomic mass is 9.83. The number of nitrogens with two attached hydrogens (primary N) is 1. The molecule has 0 radical (unpaired) electrons. The van der Waals surface area contributed by atoms with E-state index in [1.165, 1.54) is 11.3 Å². The minimum Gasteiger partial charge on any atom is -0.381 e. The van der Waals surface area contributed by atoms with Crippen LogP contribution in [0.5, 0.6) is 0 Å². The number of aliphatic imine (C=N–C) groups is 1. The van der Waals surface area contributed by atoms with E-state index in [1.54, 1.807) is 10.7 Å². The Hall–Kier alpha value is -2.80. The molecule has 5 heterocycles. The summed E-state index contributed by atoms with van der Waals surface area (Å²) in [6, 6.07) is 4.26. The maximum absolute atomic E-state index is 5.69. The summed E-state index contributed by atoms with van der Waals surface area (Å²) in [6.07, 6.45) is 8.93. The fourth-order valence-corrected chi connectivity index (χ4v) is 4.21. The van der Waals surface area contributed by atoms with Gasteiger partial charge >= 0.3 is 0 Å². The second-order valence-corrected chi connectivity index (χ2v) is 7.41. The lowest BCUT2D eigenvalue weighted by Crippen LogP contribution is -2.19. The van der Waals surface area contributed by atoms with E-state index in [4.69, 9.17) is 15.5 Å². The van der Waals surface area contributed by atoms with Crippen molar-refractivity contribution in [2.24, 2.45) is 10.9 Å².